The van der Waals surface area contributed by atoms with E-state index in [1.807, 2.05) is 0 Å². The highest BCUT2D eigenvalue weighted by Gasteiger charge is 2.28. The molecule has 0 spiro atoms. The maximum absolute atomic E-state index is 12.5. The summed E-state index contributed by atoms with van der Waals surface area (Å²) in [5.41, 5.74) is 0. The SMILES string of the molecule is CCCCC/C=C\CCCCCCC(O)C(=O)NC(CO)C(O)C(O)CCC/C=C/CCCCCCCCCCCCCCCCCCCCCCCCCC. The van der Waals surface area contributed by atoms with E-state index in [4.69, 9.17) is 0 Å². The Morgan fingerprint density at radius 2 is 0.732 bits per heavy atom. The molecule has 0 aliphatic rings. The van der Waals surface area contributed by atoms with Gasteiger partial charge in [0, 0.05) is 0 Å². The number of hydrogen-bond donors (Lipinski definition) is 5. The number of carbonyl (C=O) groups excluding carboxylic acids is 1. The van der Waals surface area contributed by atoms with Gasteiger partial charge in [-0.3, -0.25) is 4.79 Å². The van der Waals surface area contributed by atoms with Crippen LogP contribution in [-0.4, -0.2) is 57.3 Å². The van der Waals surface area contributed by atoms with Crippen LogP contribution < -0.4 is 5.32 Å². The van der Waals surface area contributed by atoms with Crippen LogP contribution in [0.2, 0.25) is 0 Å². The molecule has 0 aromatic rings. The number of nitrogens with one attached hydrogen (secondary N) is 1. The molecule has 0 saturated carbocycles. The van der Waals surface area contributed by atoms with E-state index in [0.29, 0.717) is 12.8 Å². The summed E-state index contributed by atoms with van der Waals surface area (Å²) in [4.78, 5) is 12.5. The zero-order valence-electron chi connectivity index (χ0n) is 37.4. The monoisotopic (exact) mass is 792 g/mol. The maximum atomic E-state index is 12.5. The Morgan fingerprint density at radius 1 is 0.429 bits per heavy atom. The van der Waals surface area contributed by atoms with Crippen LogP contribution in [0.25, 0.3) is 0 Å². The van der Waals surface area contributed by atoms with E-state index in [1.54, 1.807) is 0 Å². The van der Waals surface area contributed by atoms with Gasteiger partial charge in [-0.25, -0.2) is 0 Å². The summed E-state index contributed by atoms with van der Waals surface area (Å²) in [6.07, 6.45) is 52.5. The second-order valence-corrected chi connectivity index (χ2v) is 17.2. The van der Waals surface area contributed by atoms with Crippen LogP contribution in [-0.2, 0) is 4.79 Å². The van der Waals surface area contributed by atoms with Crippen molar-refractivity contribution in [3.8, 4) is 0 Å². The molecule has 0 heterocycles. The number of rotatable bonds is 45. The van der Waals surface area contributed by atoms with Crippen LogP contribution >= 0.6 is 0 Å². The van der Waals surface area contributed by atoms with Crippen molar-refractivity contribution in [1.82, 2.24) is 5.32 Å². The Morgan fingerprint density at radius 3 is 1.11 bits per heavy atom. The fourth-order valence-corrected chi connectivity index (χ4v) is 7.69. The van der Waals surface area contributed by atoms with Crippen LogP contribution in [0.15, 0.2) is 24.3 Å². The first-order valence-electron chi connectivity index (χ1n) is 24.7. The van der Waals surface area contributed by atoms with Gasteiger partial charge in [0.25, 0.3) is 0 Å². The molecular weight excluding hydrogens is 695 g/mol. The Labute approximate surface area is 348 Å². The third kappa shape index (κ3) is 38.3. The van der Waals surface area contributed by atoms with Crippen LogP contribution in [0.3, 0.4) is 0 Å². The van der Waals surface area contributed by atoms with E-state index in [1.165, 1.54) is 173 Å². The Balaban J connectivity index is 3.62. The molecule has 4 unspecified atom stereocenters. The minimum atomic E-state index is -1.28. The molecule has 0 rings (SSSR count). The summed E-state index contributed by atoms with van der Waals surface area (Å²) < 4.78 is 0. The molecular formula is C50H97NO5. The summed E-state index contributed by atoms with van der Waals surface area (Å²) in [5.74, 6) is -0.603. The average molecular weight is 792 g/mol. The highest BCUT2D eigenvalue weighted by atomic mass is 16.3. The molecule has 1 amide bonds. The molecule has 6 nitrogen and oxygen atoms in total. The van der Waals surface area contributed by atoms with Crippen molar-refractivity contribution >= 4 is 5.91 Å². The average Bonchev–Trinajstić information content (AvgIpc) is 3.20. The lowest BCUT2D eigenvalue weighted by molar-refractivity contribution is -0.132. The summed E-state index contributed by atoms with van der Waals surface area (Å²) in [6.45, 7) is 4.01. The van der Waals surface area contributed by atoms with Crippen molar-refractivity contribution in [2.75, 3.05) is 6.61 Å². The predicted molar refractivity (Wildman–Crippen MR) is 242 cm³/mol. The molecule has 0 aromatic carbocycles. The molecule has 4 atom stereocenters. The first-order valence-corrected chi connectivity index (χ1v) is 24.7. The molecule has 0 bridgehead atoms. The van der Waals surface area contributed by atoms with Crippen molar-refractivity contribution in [2.24, 2.45) is 0 Å². The molecule has 6 heteroatoms. The van der Waals surface area contributed by atoms with E-state index >= 15 is 0 Å². The third-order valence-electron chi connectivity index (χ3n) is 11.6. The first-order chi connectivity index (χ1) is 27.5. The van der Waals surface area contributed by atoms with Crippen LogP contribution in [0, 0.1) is 0 Å². The Hall–Kier alpha value is -1.21. The summed E-state index contributed by atoms with van der Waals surface area (Å²) in [7, 11) is 0. The number of carbonyl (C=O) groups is 1. The standard InChI is InChI=1S/C50H97NO5/c1-3-5-7-9-11-13-15-16-17-18-19-20-21-22-23-24-25-26-27-28-29-30-31-32-34-35-37-39-41-43-47(53)49(55)46(45-52)51-50(56)48(54)44-42-40-38-36-33-14-12-10-8-6-4-2/h12,14,35,37,46-49,52-55H,3-11,13,15-34,36,38-45H2,1-2H3,(H,51,56)/b14-12-,37-35+. The lowest BCUT2D eigenvalue weighted by atomic mass is 10.00. The highest BCUT2D eigenvalue weighted by Crippen LogP contribution is 2.17. The topological polar surface area (TPSA) is 110 Å². The Bertz CT molecular complexity index is 847. The van der Waals surface area contributed by atoms with Crippen molar-refractivity contribution in [1.29, 1.82) is 0 Å². The largest absolute Gasteiger partial charge is 0.394 e. The van der Waals surface area contributed by atoms with Crippen LogP contribution in [0.4, 0.5) is 0 Å². The summed E-state index contributed by atoms with van der Waals surface area (Å²) >= 11 is 0. The van der Waals surface area contributed by atoms with Gasteiger partial charge in [0.1, 0.15) is 12.2 Å². The minimum absolute atomic E-state index is 0.349. The first kappa shape index (κ1) is 54.8. The van der Waals surface area contributed by atoms with Gasteiger partial charge in [-0.1, -0.05) is 218 Å². The number of aliphatic hydroxyl groups excluding tert-OH is 4. The molecule has 0 aliphatic carbocycles. The second kappa shape index (κ2) is 44.9. The van der Waals surface area contributed by atoms with E-state index in [9.17, 15) is 25.2 Å². The number of unbranched alkanes of at least 4 members (excludes halogenated alkanes) is 32. The third-order valence-corrected chi connectivity index (χ3v) is 11.6. The zero-order chi connectivity index (χ0) is 41.0. The van der Waals surface area contributed by atoms with Gasteiger partial charge >= 0.3 is 0 Å². The molecule has 0 fully saturated rings. The van der Waals surface area contributed by atoms with E-state index in [0.717, 1.165) is 57.8 Å². The summed E-state index contributed by atoms with van der Waals surface area (Å²) in [5, 5.41) is 43.6. The van der Waals surface area contributed by atoms with Crippen molar-refractivity contribution in [2.45, 2.75) is 282 Å². The van der Waals surface area contributed by atoms with Crippen LogP contribution in [0.1, 0.15) is 258 Å². The molecule has 0 aliphatic heterocycles. The number of amides is 1. The second-order valence-electron chi connectivity index (χ2n) is 17.2. The van der Waals surface area contributed by atoms with Gasteiger partial charge in [0.15, 0.2) is 0 Å². The number of allylic oxidation sites excluding steroid dienone is 4. The predicted octanol–water partition coefficient (Wildman–Crippen LogP) is 13.5. The van der Waals surface area contributed by atoms with E-state index in [-0.39, 0.29) is 0 Å². The van der Waals surface area contributed by atoms with Gasteiger partial charge in [-0.2, -0.15) is 0 Å². The highest BCUT2D eigenvalue weighted by molar-refractivity contribution is 5.80. The normalized spacial score (nSPS) is 14.2. The lowest BCUT2D eigenvalue weighted by Crippen LogP contribution is -2.53. The zero-order valence-corrected chi connectivity index (χ0v) is 37.4. The maximum Gasteiger partial charge on any atom is 0.249 e. The van der Waals surface area contributed by atoms with Gasteiger partial charge in [0.05, 0.1) is 18.8 Å². The number of aliphatic hydroxyl groups is 4. The molecule has 0 aromatic heterocycles. The molecule has 5 N–H and O–H groups in total. The van der Waals surface area contributed by atoms with E-state index < -0.39 is 36.9 Å². The van der Waals surface area contributed by atoms with Gasteiger partial charge in [-0.15, -0.1) is 0 Å². The van der Waals surface area contributed by atoms with Crippen LogP contribution in [0.5, 0.6) is 0 Å². The van der Waals surface area contributed by atoms with Gasteiger partial charge in [-0.05, 0) is 64.2 Å². The molecule has 332 valence electrons. The van der Waals surface area contributed by atoms with Gasteiger partial charge < -0.3 is 25.7 Å². The van der Waals surface area contributed by atoms with Gasteiger partial charge in [0.2, 0.25) is 5.91 Å². The molecule has 56 heavy (non-hydrogen) atoms. The fourth-order valence-electron chi connectivity index (χ4n) is 7.69. The summed E-state index contributed by atoms with van der Waals surface area (Å²) in [6, 6.07) is -1.00. The van der Waals surface area contributed by atoms with Crippen molar-refractivity contribution in [3.05, 3.63) is 24.3 Å². The molecule has 0 radical (unpaired) electrons. The quantitative estimate of drug-likeness (QED) is 0.0312. The van der Waals surface area contributed by atoms with E-state index in [2.05, 4.69) is 43.5 Å². The smallest absolute Gasteiger partial charge is 0.249 e. The lowest BCUT2D eigenvalue weighted by Gasteiger charge is -2.27. The van der Waals surface area contributed by atoms with Crippen molar-refractivity contribution in [3.63, 3.8) is 0 Å². The molecule has 0 saturated heterocycles. The minimum Gasteiger partial charge on any atom is -0.394 e. The Kier molecular flexibility index (Phi) is 43.9. The fraction of sp³-hybridized carbons (Fsp3) is 0.900. The number of hydrogen-bond acceptors (Lipinski definition) is 5. The van der Waals surface area contributed by atoms with Crippen molar-refractivity contribution < 1.29 is 25.2 Å².